The minimum atomic E-state index is -3.99. The zero-order valence-corrected chi connectivity index (χ0v) is 20.1. The highest BCUT2D eigenvalue weighted by atomic mass is 32.2. The number of hydrogen-bond donors (Lipinski definition) is 1. The highest BCUT2D eigenvalue weighted by Crippen LogP contribution is 2.60. The van der Waals surface area contributed by atoms with E-state index in [-0.39, 0.29) is 35.7 Å². The van der Waals surface area contributed by atoms with Crippen LogP contribution in [0, 0.1) is 37.0 Å². The lowest BCUT2D eigenvalue weighted by molar-refractivity contribution is -0.159. The van der Waals surface area contributed by atoms with Gasteiger partial charge in [0.25, 0.3) is 0 Å². The molecular formula is C25H33NO6S. The third kappa shape index (κ3) is 4.04. The van der Waals surface area contributed by atoms with E-state index in [1.54, 1.807) is 12.1 Å². The number of Topliss-reactive ketones (excluding diaryl/α,β-unsaturated/α-hetero) is 1. The Morgan fingerprint density at radius 1 is 1.03 bits per heavy atom. The summed E-state index contributed by atoms with van der Waals surface area (Å²) in [5.74, 6) is 1.06. The number of β-amino-alcohol motifs (C(OH)–C–C–N with tert-alkyl or cyclic N) is 1. The predicted octanol–water partition coefficient (Wildman–Crippen LogP) is 2.76. The van der Waals surface area contributed by atoms with Crippen molar-refractivity contribution >= 4 is 21.8 Å². The molecule has 0 radical (unpaired) electrons. The van der Waals surface area contributed by atoms with Gasteiger partial charge in [-0.2, -0.15) is 4.31 Å². The van der Waals surface area contributed by atoms with Gasteiger partial charge in [0.15, 0.2) is 12.4 Å². The molecule has 1 N–H and O–H groups in total. The summed E-state index contributed by atoms with van der Waals surface area (Å²) in [6.45, 7) is 3.24. The summed E-state index contributed by atoms with van der Waals surface area (Å²) in [5, 5.41) is 10.2. The van der Waals surface area contributed by atoms with Crippen LogP contribution in [-0.4, -0.2) is 54.9 Å². The van der Waals surface area contributed by atoms with Crippen molar-refractivity contribution in [1.82, 2.24) is 4.31 Å². The Balaban J connectivity index is 1.28. The summed E-state index contributed by atoms with van der Waals surface area (Å²) in [7, 11) is -3.99. The highest BCUT2D eigenvalue weighted by molar-refractivity contribution is 7.89. The van der Waals surface area contributed by atoms with Crippen molar-refractivity contribution in [2.75, 3.05) is 13.2 Å². The van der Waals surface area contributed by atoms with Crippen LogP contribution in [0.2, 0.25) is 0 Å². The van der Waals surface area contributed by atoms with Crippen LogP contribution >= 0.6 is 0 Å². The fraction of sp³-hybridized carbons (Fsp3) is 0.680. The largest absolute Gasteiger partial charge is 0.456 e. The van der Waals surface area contributed by atoms with E-state index >= 15 is 0 Å². The van der Waals surface area contributed by atoms with Crippen molar-refractivity contribution in [3.63, 3.8) is 0 Å². The van der Waals surface area contributed by atoms with E-state index in [2.05, 4.69) is 0 Å². The topological polar surface area (TPSA) is 101 Å². The number of ketones is 1. The lowest BCUT2D eigenvalue weighted by atomic mass is 9.48. The molecule has 1 heterocycles. The first kappa shape index (κ1) is 23.0. The molecule has 6 rings (SSSR count). The van der Waals surface area contributed by atoms with E-state index in [0.29, 0.717) is 17.8 Å². The second kappa shape index (κ2) is 8.17. The minimum absolute atomic E-state index is 0.0166. The van der Waals surface area contributed by atoms with Crippen LogP contribution in [0.25, 0.3) is 0 Å². The quantitative estimate of drug-likeness (QED) is 0.635. The van der Waals surface area contributed by atoms with Gasteiger partial charge in [-0.05, 0) is 93.4 Å². The van der Waals surface area contributed by atoms with Gasteiger partial charge >= 0.3 is 5.97 Å². The standard InChI is InChI=1S/C25H33NO6S/c1-15-3-4-21(5-16(15)2)33(30,31)26-13-20(27)9-22(26)24(29)32-14-23(28)25-10-17-6-18(11-25)8-19(7-17)12-25/h3-5,17-20,22,27H,6-14H2,1-2H3/t17?,18?,19?,20-,22-,25?/m0/s1. The van der Waals surface area contributed by atoms with Gasteiger partial charge in [0.2, 0.25) is 10.0 Å². The Kier molecular flexibility index (Phi) is 5.69. The maximum Gasteiger partial charge on any atom is 0.325 e. The second-order valence-corrected chi connectivity index (χ2v) is 12.8. The molecule has 0 spiro atoms. The van der Waals surface area contributed by atoms with E-state index in [1.165, 1.54) is 25.3 Å². The maximum atomic E-state index is 13.3. The van der Waals surface area contributed by atoms with Crippen molar-refractivity contribution in [2.45, 2.75) is 75.8 Å². The fourth-order valence-electron chi connectivity index (χ4n) is 7.11. The molecule has 180 valence electrons. The molecule has 2 atom stereocenters. The maximum absolute atomic E-state index is 13.3. The number of rotatable bonds is 6. The zero-order valence-electron chi connectivity index (χ0n) is 19.3. The van der Waals surface area contributed by atoms with Gasteiger partial charge < -0.3 is 9.84 Å². The van der Waals surface area contributed by atoms with Crippen LogP contribution in [-0.2, 0) is 24.3 Å². The predicted molar refractivity (Wildman–Crippen MR) is 121 cm³/mol. The molecule has 7 nitrogen and oxygen atoms in total. The molecule has 1 aliphatic heterocycles. The number of aliphatic hydroxyl groups excluding tert-OH is 1. The normalized spacial score (nSPS) is 35.7. The van der Waals surface area contributed by atoms with Crippen molar-refractivity contribution in [2.24, 2.45) is 23.2 Å². The van der Waals surface area contributed by atoms with Gasteiger partial charge in [0, 0.05) is 18.4 Å². The summed E-state index contributed by atoms with van der Waals surface area (Å²) in [5.41, 5.74) is 1.43. The third-order valence-corrected chi connectivity index (χ3v) is 10.4. The fourth-order valence-corrected chi connectivity index (χ4v) is 8.82. The number of ether oxygens (including phenoxy) is 1. The van der Waals surface area contributed by atoms with Crippen LogP contribution in [0.4, 0.5) is 0 Å². The lowest BCUT2D eigenvalue weighted by Gasteiger charge is -2.55. The first-order valence-electron chi connectivity index (χ1n) is 12.0. The van der Waals surface area contributed by atoms with Crippen LogP contribution in [0.15, 0.2) is 23.1 Å². The van der Waals surface area contributed by atoms with Crippen LogP contribution in [0.1, 0.15) is 56.1 Å². The second-order valence-electron chi connectivity index (χ2n) is 11.0. The molecular weight excluding hydrogens is 442 g/mol. The Morgan fingerprint density at radius 2 is 1.64 bits per heavy atom. The number of carbonyl (C=O) groups is 2. The molecule has 4 saturated carbocycles. The van der Waals surface area contributed by atoms with Crippen molar-refractivity contribution in [3.05, 3.63) is 29.3 Å². The first-order valence-corrected chi connectivity index (χ1v) is 13.5. The number of nitrogens with zero attached hydrogens (tertiary/aromatic N) is 1. The Morgan fingerprint density at radius 3 is 2.21 bits per heavy atom. The summed E-state index contributed by atoms with van der Waals surface area (Å²) >= 11 is 0. The molecule has 1 saturated heterocycles. The SMILES string of the molecule is Cc1ccc(S(=O)(=O)N2C[C@@H](O)C[C@H]2C(=O)OCC(=O)C23CC4CC(CC(C4)C2)C3)cc1C. The number of hydrogen-bond acceptors (Lipinski definition) is 6. The van der Waals surface area contributed by atoms with E-state index in [4.69, 9.17) is 4.74 Å². The van der Waals surface area contributed by atoms with E-state index in [9.17, 15) is 23.1 Å². The average molecular weight is 476 g/mol. The summed E-state index contributed by atoms with van der Waals surface area (Å²) in [4.78, 5) is 26.2. The number of sulfonamides is 1. The molecule has 8 heteroatoms. The molecule has 33 heavy (non-hydrogen) atoms. The van der Waals surface area contributed by atoms with Crippen LogP contribution in [0.5, 0.6) is 0 Å². The van der Waals surface area contributed by atoms with Gasteiger partial charge in [-0.25, -0.2) is 8.42 Å². The highest BCUT2D eigenvalue weighted by Gasteiger charge is 2.54. The molecule has 5 fully saturated rings. The lowest BCUT2D eigenvalue weighted by Crippen LogP contribution is -2.51. The van der Waals surface area contributed by atoms with Gasteiger partial charge in [-0.3, -0.25) is 9.59 Å². The van der Waals surface area contributed by atoms with Crippen molar-refractivity contribution in [1.29, 1.82) is 0 Å². The molecule has 0 amide bonds. The van der Waals surface area contributed by atoms with Crippen LogP contribution in [0.3, 0.4) is 0 Å². The number of esters is 1. The average Bonchev–Trinajstić information content (AvgIpc) is 3.15. The van der Waals surface area contributed by atoms with Crippen molar-refractivity contribution < 1.29 is 27.9 Å². The number of aliphatic hydroxyl groups is 1. The third-order valence-electron chi connectivity index (χ3n) is 8.57. The Labute approximate surface area is 195 Å². The molecule has 1 aromatic rings. The summed E-state index contributed by atoms with van der Waals surface area (Å²) in [6.07, 6.45) is 5.35. The molecule has 5 aliphatic rings. The zero-order chi connectivity index (χ0) is 23.5. The van der Waals surface area contributed by atoms with Gasteiger partial charge in [-0.15, -0.1) is 0 Å². The van der Waals surface area contributed by atoms with Crippen LogP contribution < -0.4 is 0 Å². The van der Waals surface area contributed by atoms with E-state index < -0.39 is 28.1 Å². The summed E-state index contributed by atoms with van der Waals surface area (Å²) < 4.78 is 33.0. The monoisotopic (exact) mass is 475 g/mol. The van der Waals surface area contributed by atoms with Gasteiger partial charge in [-0.1, -0.05) is 6.07 Å². The van der Waals surface area contributed by atoms with Gasteiger partial charge in [0.05, 0.1) is 11.0 Å². The van der Waals surface area contributed by atoms with E-state index in [0.717, 1.165) is 34.7 Å². The Bertz CT molecular complexity index is 1050. The molecule has 0 aromatic heterocycles. The smallest absolute Gasteiger partial charge is 0.325 e. The molecule has 4 aliphatic carbocycles. The minimum Gasteiger partial charge on any atom is -0.456 e. The first-order chi connectivity index (χ1) is 15.6. The van der Waals surface area contributed by atoms with Crippen molar-refractivity contribution in [3.8, 4) is 0 Å². The van der Waals surface area contributed by atoms with Gasteiger partial charge in [0.1, 0.15) is 6.04 Å². The summed E-state index contributed by atoms with van der Waals surface area (Å²) in [6, 6.07) is 3.69. The number of carbonyl (C=O) groups excluding carboxylic acids is 2. The molecule has 0 unspecified atom stereocenters. The number of aryl methyl sites for hydroxylation is 2. The molecule has 1 aromatic carbocycles. The molecule has 4 bridgehead atoms. The van der Waals surface area contributed by atoms with E-state index in [1.807, 2.05) is 13.8 Å². The number of benzene rings is 1. The Hall–Kier alpha value is -1.77.